The van der Waals surface area contributed by atoms with Crippen molar-refractivity contribution in [3.05, 3.63) is 42.0 Å². The average Bonchev–Trinajstić information content (AvgIpc) is 3.25. The van der Waals surface area contributed by atoms with Crippen molar-refractivity contribution in [1.29, 1.82) is 0 Å². The summed E-state index contributed by atoms with van der Waals surface area (Å²) in [4.78, 5) is 54.0. The smallest absolute Gasteiger partial charge is 0.307 e. The number of amides is 5. The minimum Gasteiger partial charge on any atom is -0.307 e. The zero-order valence-corrected chi connectivity index (χ0v) is 19.1. The van der Waals surface area contributed by atoms with Gasteiger partial charge in [0.15, 0.2) is 9.84 Å². The lowest BCUT2D eigenvalue weighted by Crippen LogP contribution is -2.48. The van der Waals surface area contributed by atoms with E-state index in [0.29, 0.717) is 17.0 Å². The van der Waals surface area contributed by atoms with Crippen LogP contribution in [0.5, 0.6) is 0 Å². The monoisotopic (exact) mass is 473 g/mol. The predicted octanol–water partition coefficient (Wildman–Crippen LogP) is 1.89. The van der Waals surface area contributed by atoms with Gasteiger partial charge in [-0.1, -0.05) is 29.8 Å². The number of anilines is 1. The maximum absolute atomic E-state index is 13.3. The molecule has 1 atom stereocenters. The van der Waals surface area contributed by atoms with Crippen LogP contribution in [0, 0.1) is 0 Å². The van der Waals surface area contributed by atoms with Crippen LogP contribution in [0.25, 0.3) is 0 Å². The van der Waals surface area contributed by atoms with Gasteiger partial charge in [-0.05, 0) is 50.7 Å². The van der Waals surface area contributed by atoms with Crippen LogP contribution in [0.3, 0.4) is 0 Å². The molecule has 5 amide bonds. The Kier molecular flexibility index (Phi) is 6.64. The van der Waals surface area contributed by atoms with Gasteiger partial charge in [-0.3, -0.25) is 19.3 Å². The van der Waals surface area contributed by atoms with Gasteiger partial charge in [-0.15, -0.1) is 0 Å². The van der Waals surface area contributed by atoms with E-state index < -0.39 is 46.2 Å². The van der Waals surface area contributed by atoms with Crippen molar-refractivity contribution in [2.45, 2.75) is 44.6 Å². The largest absolute Gasteiger partial charge is 0.334 e. The minimum absolute atomic E-state index is 0.0298. The highest BCUT2D eigenvalue weighted by Gasteiger charge is 2.46. The summed E-state index contributed by atoms with van der Waals surface area (Å²) in [5.41, 5.74) is 1.65. The molecule has 0 saturated carbocycles. The summed E-state index contributed by atoms with van der Waals surface area (Å²) in [7, 11) is -3.28. The van der Waals surface area contributed by atoms with Crippen molar-refractivity contribution in [3.8, 4) is 0 Å². The second-order valence-electron chi connectivity index (χ2n) is 8.64. The quantitative estimate of drug-likeness (QED) is 0.340. The molecule has 0 radical (unpaired) electrons. The summed E-state index contributed by atoms with van der Waals surface area (Å²) in [6.45, 7) is -0.517. The Balaban J connectivity index is 1.49. The van der Waals surface area contributed by atoms with E-state index in [1.165, 1.54) is 10.5 Å². The normalized spacial score (nSPS) is 22.6. The molecule has 3 aliphatic rings. The van der Waals surface area contributed by atoms with Crippen molar-refractivity contribution in [3.63, 3.8) is 0 Å². The van der Waals surface area contributed by atoms with Crippen molar-refractivity contribution >= 4 is 39.3 Å². The maximum atomic E-state index is 13.3. The molecule has 0 bridgehead atoms. The van der Waals surface area contributed by atoms with Crippen LogP contribution in [-0.4, -0.2) is 72.6 Å². The average molecular weight is 474 g/mol. The lowest BCUT2D eigenvalue weighted by molar-refractivity contribution is -0.143. The molecule has 0 N–H and O–H groups in total. The topological polar surface area (TPSA) is 112 Å². The third kappa shape index (κ3) is 5.00. The van der Waals surface area contributed by atoms with Crippen LogP contribution in [0.4, 0.5) is 10.5 Å². The zero-order chi connectivity index (χ0) is 23.6. The Bertz CT molecular complexity index is 1100. The molecule has 176 valence electrons. The number of carbonyl (C=O) groups is 4. The first-order chi connectivity index (χ1) is 15.8. The number of hydrogen-bond donors (Lipinski definition) is 0. The molecule has 2 heterocycles. The molecule has 1 aromatic rings. The summed E-state index contributed by atoms with van der Waals surface area (Å²) in [5, 5.41) is 0. The van der Waals surface area contributed by atoms with Gasteiger partial charge in [0.05, 0.1) is 17.5 Å². The Morgan fingerprint density at radius 2 is 1.76 bits per heavy atom. The first-order valence-electron chi connectivity index (χ1n) is 11.2. The molecule has 9 nitrogen and oxygen atoms in total. The van der Waals surface area contributed by atoms with Crippen LogP contribution < -0.4 is 4.90 Å². The van der Waals surface area contributed by atoms with Gasteiger partial charge in [0, 0.05) is 12.2 Å². The highest BCUT2D eigenvalue weighted by atomic mass is 32.2. The lowest BCUT2D eigenvalue weighted by atomic mass is 9.97. The highest BCUT2D eigenvalue weighted by molar-refractivity contribution is 7.91. The number of carbonyl (C=O) groups excluding carboxylic acids is 4. The number of sulfone groups is 1. The van der Waals surface area contributed by atoms with E-state index in [1.807, 2.05) is 0 Å². The zero-order valence-electron chi connectivity index (χ0n) is 18.3. The van der Waals surface area contributed by atoms with Crippen molar-refractivity contribution in [2.24, 2.45) is 0 Å². The number of rotatable bonds is 7. The van der Waals surface area contributed by atoms with E-state index in [1.54, 1.807) is 30.3 Å². The van der Waals surface area contributed by atoms with Gasteiger partial charge in [-0.2, -0.15) is 0 Å². The van der Waals surface area contributed by atoms with Crippen molar-refractivity contribution in [1.82, 2.24) is 9.80 Å². The number of urea groups is 1. The Morgan fingerprint density at radius 1 is 1.03 bits per heavy atom. The third-order valence-corrected chi connectivity index (χ3v) is 8.10. The first-order valence-corrected chi connectivity index (χ1v) is 13.0. The molecule has 10 heteroatoms. The van der Waals surface area contributed by atoms with Crippen LogP contribution in [0.1, 0.15) is 38.5 Å². The molecule has 33 heavy (non-hydrogen) atoms. The van der Waals surface area contributed by atoms with Gasteiger partial charge in [0.2, 0.25) is 5.91 Å². The Morgan fingerprint density at radius 3 is 2.39 bits per heavy atom. The number of benzene rings is 1. The molecule has 4 rings (SSSR count). The lowest BCUT2D eigenvalue weighted by Gasteiger charge is -2.29. The van der Waals surface area contributed by atoms with Gasteiger partial charge >= 0.3 is 17.8 Å². The number of para-hydroxylation sites is 1. The van der Waals surface area contributed by atoms with E-state index in [0.717, 1.165) is 30.6 Å². The van der Waals surface area contributed by atoms with Gasteiger partial charge in [-0.25, -0.2) is 18.1 Å². The van der Waals surface area contributed by atoms with Crippen molar-refractivity contribution < 1.29 is 27.6 Å². The Labute approximate surface area is 192 Å². The molecule has 2 aliphatic heterocycles. The minimum atomic E-state index is -3.28. The van der Waals surface area contributed by atoms with Gasteiger partial charge < -0.3 is 4.90 Å². The van der Waals surface area contributed by atoms with Crippen LogP contribution in [0.15, 0.2) is 42.0 Å². The predicted molar refractivity (Wildman–Crippen MR) is 121 cm³/mol. The molecule has 2 fully saturated rings. The standard InChI is InChI=1S/C23H27N3O6S/c27-20(26(18-9-5-2-6-10-18)19-12-14-33(31,32)16-19)15-25-22(29)21(28)24(23(25)30)13-11-17-7-3-1-4-8-17/h2,5-7,9-10,19H,1,3-4,8,11-16H2/t19-/m1/s1. The Hall–Kier alpha value is -3.01. The molecule has 2 saturated heterocycles. The summed E-state index contributed by atoms with van der Waals surface area (Å²) >= 11 is 0. The fourth-order valence-corrected chi connectivity index (χ4v) is 6.31. The number of allylic oxidation sites excluding steroid dienone is 1. The molecular weight excluding hydrogens is 446 g/mol. The highest BCUT2D eigenvalue weighted by Crippen LogP contribution is 2.26. The number of nitrogens with zero attached hydrogens (tertiary/aromatic N) is 3. The molecule has 0 spiro atoms. The van der Waals surface area contributed by atoms with Crippen molar-refractivity contribution in [2.75, 3.05) is 29.5 Å². The first kappa shape index (κ1) is 23.2. The number of hydrogen-bond acceptors (Lipinski definition) is 6. The maximum Gasteiger partial charge on any atom is 0.334 e. The third-order valence-electron chi connectivity index (χ3n) is 6.35. The van der Waals surface area contributed by atoms with E-state index in [2.05, 4.69) is 6.08 Å². The van der Waals surface area contributed by atoms with E-state index in [-0.39, 0.29) is 24.5 Å². The second kappa shape index (κ2) is 9.46. The molecular formula is C23H27N3O6S. The van der Waals surface area contributed by atoms with Crippen LogP contribution >= 0.6 is 0 Å². The van der Waals surface area contributed by atoms with E-state index >= 15 is 0 Å². The fourth-order valence-electron chi connectivity index (χ4n) is 4.61. The van der Waals surface area contributed by atoms with Crippen LogP contribution in [0.2, 0.25) is 0 Å². The molecule has 1 aromatic carbocycles. The van der Waals surface area contributed by atoms with Gasteiger partial charge in [0.1, 0.15) is 6.54 Å². The van der Waals surface area contributed by atoms with E-state index in [4.69, 9.17) is 0 Å². The molecule has 0 unspecified atom stereocenters. The SMILES string of the molecule is O=C1C(=O)N(CC(=O)N(c2ccccc2)[C@@H]2CCS(=O)(=O)C2)C(=O)N1CCC1=CCCCC1. The summed E-state index contributed by atoms with van der Waals surface area (Å²) < 4.78 is 24.0. The van der Waals surface area contributed by atoms with Gasteiger partial charge in [0.25, 0.3) is 0 Å². The van der Waals surface area contributed by atoms with E-state index in [9.17, 15) is 27.6 Å². The summed E-state index contributed by atoms with van der Waals surface area (Å²) in [5.74, 6) is -2.78. The molecule has 1 aliphatic carbocycles. The summed E-state index contributed by atoms with van der Waals surface area (Å²) in [6.07, 6.45) is 6.99. The summed E-state index contributed by atoms with van der Waals surface area (Å²) in [6, 6.07) is 7.15. The van der Waals surface area contributed by atoms with Crippen LogP contribution in [-0.2, 0) is 24.2 Å². The second-order valence-corrected chi connectivity index (χ2v) is 10.9. The number of imide groups is 2. The fraction of sp³-hybridized carbons (Fsp3) is 0.478. The molecule has 0 aromatic heterocycles.